The lowest BCUT2D eigenvalue weighted by molar-refractivity contribution is 1.06. The zero-order valence-corrected chi connectivity index (χ0v) is 22.3. The quantitative estimate of drug-likeness (QED) is 0.209. The first-order valence-corrected chi connectivity index (χ1v) is 13.3. The summed E-state index contributed by atoms with van der Waals surface area (Å²) in [5.41, 5.74) is 1.53. The minimum atomic E-state index is -0.599. The van der Waals surface area contributed by atoms with E-state index in [1.165, 1.54) is 4.57 Å². The summed E-state index contributed by atoms with van der Waals surface area (Å²) in [6.45, 7) is 0. The van der Waals surface area contributed by atoms with Crippen LogP contribution in [0.4, 0.5) is 0 Å². The van der Waals surface area contributed by atoms with Gasteiger partial charge in [0.25, 0.3) is 0 Å². The first-order chi connectivity index (χ1) is 26.7. The van der Waals surface area contributed by atoms with Gasteiger partial charge in [-0.15, -0.1) is 0 Å². The normalized spacial score (nSPS) is 15.5. The van der Waals surface area contributed by atoms with E-state index in [4.69, 9.17) is 27.8 Å². The van der Waals surface area contributed by atoms with E-state index in [9.17, 15) is 0 Å². The Bertz CT molecular complexity index is 2850. The van der Waals surface area contributed by atoms with Crippen LogP contribution in [0.2, 0.25) is 0 Å². The first-order valence-electron chi connectivity index (χ1n) is 19.8. The maximum Gasteiger partial charge on any atom is 0.166 e. The van der Waals surface area contributed by atoms with E-state index in [2.05, 4.69) is 4.98 Å². The van der Waals surface area contributed by atoms with Crippen molar-refractivity contribution in [3.05, 3.63) is 157 Å². The second kappa shape index (κ2) is 10.5. The molecule has 0 radical (unpaired) electrons. The van der Waals surface area contributed by atoms with E-state index < -0.39 is 78.6 Å². The van der Waals surface area contributed by atoms with Crippen molar-refractivity contribution >= 4 is 21.8 Å². The van der Waals surface area contributed by atoms with Gasteiger partial charge in [-0.3, -0.25) is 0 Å². The summed E-state index contributed by atoms with van der Waals surface area (Å²) in [4.78, 5) is 14.3. The third-order valence-corrected chi connectivity index (χ3v) is 7.02. The van der Waals surface area contributed by atoms with Gasteiger partial charge in [0.2, 0.25) is 0 Å². The van der Waals surface area contributed by atoms with Gasteiger partial charge < -0.3 is 4.57 Å². The predicted molar refractivity (Wildman–Crippen MR) is 176 cm³/mol. The average molecular weight is 564 g/mol. The van der Waals surface area contributed by atoms with Gasteiger partial charge in [-0.05, 0) is 29.3 Å². The van der Waals surface area contributed by atoms with E-state index in [0.29, 0.717) is 16.7 Å². The molecule has 0 saturated carbocycles. The Morgan fingerprint density at radius 1 is 0.442 bits per heavy atom. The maximum atomic E-state index is 9.13. The van der Waals surface area contributed by atoms with E-state index in [0.717, 1.165) is 0 Å². The highest BCUT2D eigenvalue weighted by Crippen LogP contribution is 2.40. The summed E-state index contributed by atoms with van der Waals surface area (Å²) >= 11 is 0. The zero-order valence-electron chi connectivity index (χ0n) is 35.3. The molecular formula is C39H26N4. The molecule has 43 heavy (non-hydrogen) atoms. The van der Waals surface area contributed by atoms with Crippen molar-refractivity contribution in [1.82, 2.24) is 19.5 Å². The molecule has 0 unspecified atom stereocenters. The van der Waals surface area contributed by atoms with Crippen molar-refractivity contribution in [2.45, 2.75) is 0 Å². The monoisotopic (exact) mass is 563 g/mol. The van der Waals surface area contributed by atoms with Crippen molar-refractivity contribution in [2.24, 2.45) is 0 Å². The molecule has 0 spiro atoms. The highest BCUT2D eigenvalue weighted by atomic mass is 15.1. The summed E-state index contributed by atoms with van der Waals surface area (Å²) in [7, 11) is 0. The third-order valence-electron chi connectivity index (χ3n) is 7.02. The fraction of sp³-hybridized carbons (Fsp3) is 0. The van der Waals surface area contributed by atoms with Crippen molar-refractivity contribution < 1.29 is 17.8 Å². The van der Waals surface area contributed by atoms with Crippen molar-refractivity contribution in [2.75, 3.05) is 0 Å². The molecule has 202 valence electrons. The van der Waals surface area contributed by atoms with E-state index in [1.54, 1.807) is 60.7 Å². The van der Waals surface area contributed by atoms with Crippen LogP contribution in [0.1, 0.15) is 17.8 Å². The smallest absolute Gasteiger partial charge is 0.166 e. The molecule has 0 bridgehead atoms. The van der Waals surface area contributed by atoms with E-state index in [1.807, 2.05) is 18.2 Å². The van der Waals surface area contributed by atoms with Crippen molar-refractivity contribution in [3.63, 3.8) is 0 Å². The van der Waals surface area contributed by atoms with Gasteiger partial charge in [0.05, 0.1) is 40.1 Å². The lowest BCUT2D eigenvalue weighted by Gasteiger charge is -2.18. The van der Waals surface area contributed by atoms with Crippen LogP contribution >= 0.6 is 0 Å². The molecule has 2 aromatic heterocycles. The highest BCUT2D eigenvalue weighted by molar-refractivity contribution is 6.10. The molecule has 4 heteroatoms. The zero-order chi connectivity index (χ0) is 39.9. The van der Waals surface area contributed by atoms with Crippen LogP contribution in [0.3, 0.4) is 0 Å². The molecule has 0 aliphatic carbocycles. The van der Waals surface area contributed by atoms with Gasteiger partial charge in [0.1, 0.15) is 0 Å². The van der Waals surface area contributed by atoms with Gasteiger partial charge in [0.15, 0.2) is 17.5 Å². The molecule has 0 saturated heterocycles. The van der Waals surface area contributed by atoms with Crippen LogP contribution in [0.5, 0.6) is 0 Å². The van der Waals surface area contributed by atoms with Gasteiger partial charge in [0, 0.05) is 21.9 Å². The number of benzene rings is 6. The Kier molecular flexibility index (Phi) is 3.63. The minimum Gasteiger partial charge on any atom is -0.308 e. The number of rotatable bonds is 5. The molecule has 8 aromatic rings. The number of para-hydroxylation sites is 2. The number of fused-ring (bicyclic) bond motifs is 3. The second-order valence-electron chi connectivity index (χ2n) is 9.52. The van der Waals surface area contributed by atoms with Crippen LogP contribution in [0.15, 0.2) is 157 Å². The molecule has 0 N–H and O–H groups in total. The lowest BCUT2D eigenvalue weighted by Crippen LogP contribution is -2.05. The minimum absolute atomic E-state index is 0.0632. The molecule has 0 aliphatic rings. The summed E-state index contributed by atoms with van der Waals surface area (Å²) in [6.07, 6.45) is 0. The molecule has 0 aliphatic heterocycles. The van der Waals surface area contributed by atoms with E-state index in [-0.39, 0.29) is 56.1 Å². The Morgan fingerprint density at radius 3 is 1.63 bits per heavy atom. The van der Waals surface area contributed by atoms with Gasteiger partial charge in [-0.1, -0.05) is 139 Å². The summed E-state index contributed by atoms with van der Waals surface area (Å²) < 4.78 is 114. The van der Waals surface area contributed by atoms with Crippen LogP contribution in [-0.4, -0.2) is 19.5 Å². The first kappa shape index (κ1) is 14.9. The predicted octanol–water partition coefficient (Wildman–Crippen LogP) is 9.64. The summed E-state index contributed by atoms with van der Waals surface area (Å²) in [5.74, 6) is -0.227. The Hall–Kier alpha value is -5.87. The van der Waals surface area contributed by atoms with E-state index >= 15 is 0 Å². The lowest BCUT2D eigenvalue weighted by atomic mass is 9.97. The Morgan fingerprint density at radius 2 is 0.977 bits per heavy atom. The van der Waals surface area contributed by atoms with Crippen molar-refractivity contribution in [1.29, 1.82) is 0 Å². The Labute approximate surface area is 267 Å². The van der Waals surface area contributed by atoms with Gasteiger partial charge >= 0.3 is 0 Å². The van der Waals surface area contributed by atoms with Crippen LogP contribution in [-0.2, 0) is 0 Å². The number of aromatic nitrogens is 4. The van der Waals surface area contributed by atoms with Gasteiger partial charge in [-0.2, -0.15) is 0 Å². The molecular weight excluding hydrogens is 524 g/mol. The van der Waals surface area contributed by atoms with Crippen LogP contribution in [0, 0.1) is 0 Å². The molecule has 0 amide bonds. The molecule has 0 atom stereocenters. The molecule has 0 fully saturated rings. The fourth-order valence-corrected chi connectivity index (χ4v) is 5.16. The number of hydrogen-bond donors (Lipinski definition) is 0. The average Bonchev–Trinajstić information content (AvgIpc) is 3.59. The second-order valence-corrected chi connectivity index (χ2v) is 9.52. The molecule has 2 heterocycles. The fourth-order valence-electron chi connectivity index (χ4n) is 5.16. The van der Waals surface area contributed by atoms with Crippen LogP contribution < -0.4 is 0 Å². The molecule has 4 nitrogen and oxygen atoms in total. The van der Waals surface area contributed by atoms with Crippen molar-refractivity contribution in [3.8, 4) is 51.0 Å². The van der Waals surface area contributed by atoms with Crippen LogP contribution in [0.25, 0.3) is 72.8 Å². The Balaban J connectivity index is 1.61. The SMILES string of the molecule is [2H]c1c([2H])c([2H])c(-c2nc(-c3ccccc3)nc(-c3c(-c4ccccc4)cccc3-n3c4c([2H])c([2H])c([2H])c([2H])c4c4c([2H])c([2H])c([2H])c([2H])c43)n2)c([2H])c1[2H]. The summed E-state index contributed by atoms with van der Waals surface area (Å²) in [5, 5.41) is -0.232. The topological polar surface area (TPSA) is 43.6 Å². The standard InChI is InChI=1S/C39H26N4/c1-4-15-27(16-5-1)30-23-14-26-35(43-33-24-12-10-21-31(33)32-22-11-13-25-34(32)43)36(30)39-41-37(28-17-6-2-7-18-28)40-38(42-39)29-19-8-3-9-20-29/h1-26H/i2D,6D,7D,10D,11D,12D,13D,17D,18D,21D,22D,24D,25D. The van der Waals surface area contributed by atoms with Gasteiger partial charge in [-0.25, -0.2) is 15.0 Å². The molecule has 6 aromatic carbocycles. The summed E-state index contributed by atoms with van der Waals surface area (Å²) in [6, 6.07) is 15.7. The highest BCUT2D eigenvalue weighted by Gasteiger charge is 2.22. The number of nitrogens with zero attached hydrogens (tertiary/aromatic N) is 4. The third kappa shape index (κ3) is 4.37. The maximum absolute atomic E-state index is 9.13. The largest absolute Gasteiger partial charge is 0.308 e. The molecule has 8 rings (SSSR count). The number of hydrogen-bond acceptors (Lipinski definition) is 3.